The van der Waals surface area contributed by atoms with Crippen LogP contribution in [-0.4, -0.2) is 12.5 Å². The topological polar surface area (TPSA) is 55.1 Å². The molecule has 0 bridgehead atoms. The molecule has 4 heteroatoms. The minimum absolute atomic E-state index is 0.120. The average Bonchev–Trinajstić information content (AvgIpc) is 2.81. The molecular weight excluding hydrogens is 244 g/mol. The molecule has 0 saturated carbocycles. The summed E-state index contributed by atoms with van der Waals surface area (Å²) in [5, 5.41) is 4.92. The van der Waals surface area contributed by atoms with Crippen molar-refractivity contribution in [2.75, 3.05) is 6.54 Å². The molecule has 0 fully saturated rings. The highest BCUT2D eigenvalue weighted by Crippen LogP contribution is 2.15. The van der Waals surface area contributed by atoms with Crippen molar-refractivity contribution in [2.24, 2.45) is 5.73 Å². The van der Waals surface area contributed by atoms with Crippen molar-refractivity contribution in [1.82, 2.24) is 5.32 Å². The number of rotatable bonds is 6. The molecule has 0 spiro atoms. The van der Waals surface area contributed by atoms with E-state index in [0.29, 0.717) is 19.5 Å². The predicted octanol–water partition coefficient (Wildman–Crippen LogP) is 2.25. The number of nitrogens with one attached hydrogen (secondary N) is 1. The summed E-state index contributed by atoms with van der Waals surface area (Å²) in [6.45, 7) is 3.06. The van der Waals surface area contributed by atoms with Gasteiger partial charge < -0.3 is 11.1 Å². The summed E-state index contributed by atoms with van der Waals surface area (Å²) in [5.74, 6) is 5.97. The Morgan fingerprint density at radius 3 is 3.06 bits per heavy atom. The number of carbonyl (C=O) groups excluding carboxylic acids is 1. The van der Waals surface area contributed by atoms with E-state index in [1.165, 1.54) is 0 Å². The zero-order valence-corrected chi connectivity index (χ0v) is 11.6. The summed E-state index contributed by atoms with van der Waals surface area (Å²) in [5.41, 5.74) is 6.32. The van der Waals surface area contributed by atoms with Gasteiger partial charge in [0.05, 0.1) is 13.1 Å². The van der Waals surface area contributed by atoms with Gasteiger partial charge in [-0.2, -0.15) is 0 Å². The number of nitrogens with two attached hydrogens (primary N) is 1. The minimum atomic E-state index is 0.120. The quantitative estimate of drug-likeness (QED) is 0.611. The van der Waals surface area contributed by atoms with Crippen molar-refractivity contribution in [2.45, 2.75) is 39.2 Å². The van der Waals surface area contributed by atoms with Crippen LogP contribution in [0.3, 0.4) is 0 Å². The molecule has 1 aromatic heterocycles. The van der Waals surface area contributed by atoms with Crippen LogP contribution < -0.4 is 11.1 Å². The van der Waals surface area contributed by atoms with Crippen LogP contribution >= 0.6 is 11.3 Å². The Kier molecular flexibility index (Phi) is 7.16. The molecular formula is C14H20N2OS. The van der Waals surface area contributed by atoms with E-state index < -0.39 is 0 Å². The Labute approximate surface area is 113 Å². The smallest absolute Gasteiger partial charge is 0.220 e. The van der Waals surface area contributed by atoms with Crippen LogP contribution in [0.4, 0.5) is 0 Å². The van der Waals surface area contributed by atoms with E-state index in [0.717, 1.165) is 29.7 Å². The molecule has 1 rings (SSSR count). The van der Waals surface area contributed by atoms with Gasteiger partial charge >= 0.3 is 0 Å². The van der Waals surface area contributed by atoms with Gasteiger partial charge in [-0.25, -0.2) is 0 Å². The lowest BCUT2D eigenvalue weighted by Gasteiger charge is -2.03. The second-order valence-electron chi connectivity index (χ2n) is 4.00. The van der Waals surface area contributed by atoms with E-state index in [-0.39, 0.29) is 5.91 Å². The van der Waals surface area contributed by atoms with Crippen molar-refractivity contribution < 1.29 is 4.79 Å². The van der Waals surface area contributed by atoms with Crippen LogP contribution in [0.25, 0.3) is 0 Å². The third-order valence-corrected chi connectivity index (χ3v) is 3.44. The minimum Gasteiger partial charge on any atom is -0.351 e. The molecule has 0 aliphatic rings. The van der Waals surface area contributed by atoms with Crippen molar-refractivity contribution in [1.29, 1.82) is 0 Å². The third-order valence-electron chi connectivity index (χ3n) is 2.52. The number of amides is 1. The third kappa shape index (κ3) is 5.35. The zero-order valence-electron chi connectivity index (χ0n) is 10.8. The Balaban J connectivity index is 2.39. The van der Waals surface area contributed by atoms with E-state index in [1.54, 1.807) is 11.3 Å². The van der Waals surface area contributed by atoms with Gasteiger partial charge in [-0.1, -0.05) is 31.6 Å². The Bertz CT molecular complexity index is 428. The van der Waals surface area contributed by atoms with Crippen LogP contribution in [0, 0.1) is 11.8 Å². The van der Waals surface area contributed by atoms with Gasteiger partial charge in [-0.15, -0.1) is 11.3 Å². The molecule has 1 amide bonds. The van der Waals surface area contributed by atoms with Crippen molar-refractivity contribution in [3.63, 3.8) is 0 Å². The van der Waals surface area contributed by atoms with Gasteiger partial charge in [0, 0.05) is 16.9 Å². The fourth-order valence-corrected chi connectivity index (χ4v) is 2.31. The maximum atomic E-state index is 11.6. The first-order valence-corrected chi connectivity index (χ1v) is 7.18. The second kappa shape index (κ2) is 8.73. The monoisotopic (exact) mass is 264 g/mol. The Morgan fingerprint density at radius 1 is 1.50 bits per heavy atom. The van der Waals surface area contributed by atoms with Gasteiger partial charge in [-0.05, 0) is 17.9 Å². The van der Waals surface area contributed by atoms with Crippen molar-refractivity contribution >= 4 is 17.2 Å². The molecule has 1 heterocycles. The maximum Gasteiger partial charge on any atom is 0.220 e. The lowest BCUT2D eigenvalue weighted by atomic mass is 10.2. The van der Waals surface area contributed by atoms with E-state index >= 15 is 0 Å². The number of hydrogen-bond acceptors (Lipinski definition) is 3. The number of carbonyl (C=O) groups is 1. The molecule has 0 aromatic carbocycles. The van der Waals surface area contributed by atoms with Gasteiger partial charge in [0.1, 0.15) is 0 Å². The summed E-state index contributed by atoms with van der Waals surface area (Å²) in [6, 6.07) is 1.96. The van der Waals surface area contributed by atoms with Crippen molar-refractivity contribution in [3.05, 3.63) is 21.9 Å². The second-order valence-corrected chi connectivity index (χ2v) is 5.00. The molecule has 0 radical (unpaired) electrons. The summed E-state index contributed by atoms with van der Waals surface area (Å²) < 4.78 is 0. The van der Waals surface area contributed by atoms with Gasteiger partial charge in [-0.3, -0.25) is 4.79 Å². The van der Waals surface area contributed by atoms with Crippen LogP contribution in [0.5, 0.6) is 0 Å². The molecule has 3 N–H and O–H groups in total. The zero-order chi connectivity index (χ0) is 13.2. The highest BCUT2D eigenvalue weighted by Gasteiger charge is 2.04. The van der Waals surface area contributed by atoms with E-state index in [4.69, 9.17) is 5.73 Å². The van der Waals surface area contributed by atoms with Gasteiger partial charge in [0.2, 0.25) is 5.91 Å². The molecule has 0 saturated heterocycles. The predicted molar refractivity (Wildman–Crippen MR) is 76.2 cm³/mol. The van der Waals surface area contributed by atoms with Crippen LogP contribution in [0.2, 0.25) is 0 Å². The lowest BCUT2D eigenvalue weighted by molar-refractivity contribution is -0.121. The molecule has 0 aliphatic heterocycles. The Morgan fingerprint density at radius 2 is 2.33 bits per heavy atom. The van der Waals surface area contributed by atoms with Gasteiger partial charge in [0.25, 0.3) is 0 Å². The van der Waals surface area contributed by atoms with E-state index in [2.05, 4.69) is 24.1 Å². The number of unbranched alkanes of at least 4 members (excludes halogenated alkanes) is 2. The largest absolute Gasteiger partial charge is 0.351 e. The van der Waals surface area contributed by atoms with Crippen LogP contribution in [0.15, 0.2) is 11.4 Å². The fraction of sp³-hybridized carbons (Fsp3) is 0.500. The molecule has 1 aromatic rings. The first-order valence-electron chi connectivity index (χ1n) is 6.30. The normalized spacial score (nSPS) is 9.67. The standard InChI is InChI=1S/C14H20N2OS/c1-2-3-4-7-14(17)16-11-13-12(6-5-9-15)8-10-18-13/h8,10H,2-4,7,9,11,15H2,1H3,(H,16,17). The van der Waals surface area contributed by atoms with E-state index in [9.17, 15) is 4.79 Å². The fourth-order valence-electron chi connectivity index (χ4n) is 1.54. The summed E-state index contributed by atoms with van der Waals surface area (Å²) in [6.07, 6.45) is 3.83. The average molecular weight is 264 g/mol. The number of thiophene rings is 1. The molecule has 18 heavy (non-hydrogen) atoms. The Hall–Kier alpha value is -1.31. The molecule has 3 nitrogen and oxygen atoms in total. The van der Waals surface area contributed by atoms with Crippen LogP contribution in [0.1, 0.15) is 43.0 Å². The molecule has 0 aliphatic carbocycles. The first-order chi connectivity index (χ1) is 8.77. The highest BCUT2D eigenvalue weighted by atomic mass is 32.1. The summed E-state index contributed by atoms with van der Waals surface area (Å²) in [7, 11) is 0. The van der Waals surface area contributed by atoms with Crippen molar-refractivity contribution in [3.8, 4) is 11.8 Å². The van der Waals surface area contributed by atoms with E-state index in [1.807, 2.05) is 11.4 Å². The summed E-state index contributed by atoms with van der Waals surface area (Å²) >= 11 is 1.61. The van der Waals surface area contributed by atoms with Gasteiger partial charge in [0.15, 0.2) is 0 Å². The van der Waals surface area contributed by atoms with Crippen LogP contribution in [-0.2, 0) is 11.3 Å². The number of hydrogen-bond donors (Lipinski definition) is 2. The molecule has 0 unspecified atom stereocenters. The SMILES string of the molecule is CCCCCC(=O)NCc1sccc1C#CCN. The summed E-state index contributed by atoms with van der Waals surface area (Å²) in [4.78, 5) is 12.7. The molecule has 0 atom stereocenters. The maximum absolute atomic E-state index is 11.6. The highest BCUT2D eigenvalue weighted by molar-refractivity contribution is 7.10. The molecule has 98 valence electrons. The first kappa shape index (κ1) is 14.7. The lowest BCUT2D eigenvalue weighted by Crippen LogP contribution is -2.22.